The van der Waals surface area contributed by atoms with Crippen LogP contribution in [0.3, 0.4) is 0 Å². The van der Waals surface area contributed by atoms with E-state index >= 15 is 0 Å². The summed E-state index contributed by atoms with van der Waals surface area (Å²) in [6.07, 6.45) is 0. The van der Waals surface area contributed by atoms with Gasteiger partial charge in [0.15, 0.2) is 0 Å². The Morgan fingerprint density at radius 3 is 2.38 bits per heavy atom. The van der Waals surface area contributed by atoms with Gasteiger partial charge in [0.05, 0.1) is 24.5 Å². The Morgan fingerprint density at radius 2 is 1.67 bits per heavy atom. The van der Waals surface area contributed by atoms with Gasteiger partial charge in [0.1, 0.15) is 0 Å². The van der Waals surface area contributed by atoms with E-state index in [9.17, 15) is 9.59 Å². The van der Waals surface area contributed by atoms with Crippen LogP contribution in [0.4, 0.5) is 5.69 Å². The maximum Gasteiger partial charge on any atom is 0.256 e. The molecule has 0 aliphatic carbocycles. The molecule has 5 nitrogen and oxygen atoms in total. The van der Waals surface area contributed by atoms with E-state index < -0.39 is 0 Å². The minimum Gasteiger partial charge on any atom is -0.378 e. The number of carbonyl (C=O) groups is 2. The van der Waals surface area contributed by atoms with Gasteiger partial charge in [-0.1, -0.05) is 12.1 Å². The third kappa shape index (κ3) is 3.93. The van der Waals surface area contributed by atoms with Crippen LogP contribution < -0.4 is 5.32 Å². The number of hydrogen-bond acceptors (Lipinski definition) is 3. The van der Waals surface area contributed by atoms with Crippen LogP contribution in [0.2, 0.25) is 0 Å². The van der Waals surface area contributed by atoms with E-state index in [1.807, 2.05) is 12.1 Å². The van der Waals surface area contributed by atoms with Crippen LogP contribution in [0.25, 0.3) is 0 Å². The number of nitrogens with zero attached hydrogens (tertiary/aromatic N) is 1. The highest BCUT2D eigenvalue weighted by molar-refractivity contribution is 14.1. The van der Waals surface area contributed by atoms with Crippen LogP contribution in [0, 0.1) is 3.57 Å². The predicted octanol–water partition coefficient (Wildman–Crippen LogP) is 3.02. The zero-order valence-electron chi connectivity index (χ0n) is 13.0. The fourth-order valence-corrected chi connectivity index (χ4v) is 2.87. The lowest BCUT2D eigenvalue weighted by Crippen LogP contribution is -2.41. The summed E-state index contributed by atoms with van der Waals surface area (Å²) in [4.78, 5) is 26.9. The van der Waals surface area contributed by atoms with E-state index in [1.165, 1.54) is 0 Å². The fourth-order valence-electron chi connectivity index (χ4n) is 2.51. The second kappa shape index (κ2) is 7.76. The van der Waals surface area contributed by atoms with Crippen molar-refractivity contribution in [1.82, 2.24) is 4.90 Å². The van der Waals surface area contributed by atoms with Crippen molar-refractivity contribution in [1.29, 1.82) is 0 Å². The average Bonchev–Trinajstić information content (AvgIpc) is 2.63. The smallest absolute Gasteiger partial charge is 0.256 e. The zero-order valence-corrected chi connectivity index (χ0v) is 15.2. The number of rotatable bonds is 3. The highest BCUT2D eigenvalue weighted by Gasteiger charge is 2.21. The Morgan fingerprint density at radius 1 is 1.00 bits per heavy atom. The molecule has 0 unspecified atom stereocenters. The molecule has 1 aliphatic heterocycles. The molecule has 3 rings (SSSR count). The number of benzene rings is 2. The molecule has 1 saturated heterocycles. The lowest BCUT2D eigenvalue weighted by Gasteiger charge is -2.27. The van der Waals surface area contributed by atoms with E-state index in [0.29, 0.717) is 43.1 Å². The molecule has 0 atom stereocenters. The summed E-state index contributed by atoms with van der Waals surface area (Å²) in [6, 6.07) is 14.4. The maximum absolute atomic E-state index is 12.7. The van der Waals surface area contributed by atoms with E-state index in [-0.39, 0.29) is 11.8 Å². The normalized spacial score (nSPS) is 14.3. The number of hydrogen-bond donors (Lipinski definition) is 1. The Hall–Kier alpha value is -1.93. The highest BCUT2D eigenvalue weighted by atomic mass is 127. The lowest BCUT2D eigenvalue weighted by atomic mass is 10.1. The number of nitrogens with one attached hydrogen (secondary N) is 1. The topological polar surface area (TPSA) is 58.6 Å². The van der Waals surface area contributed by atoms with Crippen LogP contribution in [-0.4, -0.2) is 43.0 Å². The SMILES string of the molecule is O=C(Nc1ccccc1C(=O)N1CCOCC1)c1ccc(I)cc1. The molecule has 0 saturated carbocycles. The molecule has 1 N–H and O–H groups in total. The number of amides is 2. The number of anilines is 1. The van der Waals surface area contributed by atoms with Gasteiger partial charge in [-0.15, -0.1) is 0 Å². The van der Waals surface area contributed by atoms with Crippen molar-refractivity contribution in [3.63, 3.8) is 0 Å². The molecule has 24 heavy (non-hydrogen) atoms. The first kappa shape index (κ1) is 16.9. The first-order chi connectivity index (χ1) is 11.6. The lowest BCUT2D eigenvalue weighted by molar-refractivity contribution is 0.0303. The number of morpholine rings is 1. The van der Waals surface area contributed by atoms with E-state index in [0.717, 1.165) is 3.57 Å². The average molecular weight is 436 g/mol. The van der Waals surface area contributed by atoms with Gasteiger partial charge >= 0.3 is 0 Å². The summed E-state index contributed by atoms with van der Waals surface area (Å²) in [5.74, 6) is -0.314. The van der Waals surface area contributed by atoms with E-state index in [2.05, 4.69) is 27.9 Å². The predicted molar refractivity (Wildman–Crippen MR) is 100 cm³/mol. The zero-order chi connectivity index (χ0) is 16.9. The van der Waals surface area contributed by atoms with Crippen molar-refractivity contribution in [2.24, 2.45) is 0 Å². The monoisotopic (exact) mass is 436 g/mol. The van der Waals surface area contributed by atoms with Crippen molar-refractivity contribution in [2.75, 3.05) is 31.6 Å². The Labute approximate surface area is 154 Å². The number of ether oxygens (including phenoxy) is 1. The molecule has 0 aromatic heterocycles. The summed E-state index contributed by atoms with van der Waals surface area (Å²) >= 11 is 2.19. The molecule has 0 radical (unpaired) electrons. The second-order valence-corrected chi connectivity index (χ2v) is 6.66. The molecule has 6 heteroatoms. The molecule has 124 valence electrons. The van der Waals surface area contributed by atoms with Crippen LogP contribution in [0.5, 0.6) is 0 Å². The molecule has 2 aromatic rings. The summed E-state index contributed by atoms with van der Waals surface area (Å²) < 4.78 is 6.35. The molecule has 1 aliphatic rings. The van der Waals surface area contributed by atoms with Crippen LogP contribution in [0.15, 0.2) is 48.5 Å². The summed E-state index contributed by atoms with van der Waals surface area (Å²) in [5.41, 5.74) is 1.58. The van der Waals surface area contributed by atoms with E-state index in [4.69, 9.17) is 4.74 Å². The molecule has 2 aromatic carbocycles. The molecule has 2 amide bonds. The van der Waals surface area contributed by atoms with Gasteiger partial charge in [-0.3, -0.25) is 9.59 Å². The van der Waals surface area contributed by atoms with Crippen LogP contribution >= 0.6 is 22.6 Å². The third-order valence-corrected chi connectivity index (χ3v) is 4.53. The van der Waals surface area contributed by atoms with Gasteiger partial charge < -0.3 is 15.0 Å². The largest absolute Gasteiger partial charge is 0.378 e. The van der Waals surface area contributed by atoms with Gasteiger partial charge in [-0.25, -0.2) is 0 Å². The molecule has 1 fully saturated rings. The van der Waals surface area contributed by atoms with Crippen LogP contribution in [-0.2, 0) is 4.74 Å². The van der Waals surface area contributed by atoms with Gasteiger partial charge in [0, 0.05) is 22.2 Å². The summed E-state index contributed by atoms with van der Waals surface area (Å²) in [5, 5.41) is 2.85. The van der Waals surface area contributed by atoms with Crippen molar-refractivity contribution >= 4 is 40.1 Å². The quantitative estimate of drug-likeness (QED) is 0.753. The minimum atomic E-state index is -0.228. The van der Waals surface area contributed by atoms with Crippen molar-refractivity contribution in [3.05, 3.63) is 63.2 Å². The minimum absolute atomic E-state index is 0.0863. The van der Waals surface area contributed by atoms with Gasteiger partial charge in [0.2, 0.25) is 0 Å². The van der Waals surface area contributed by atoms with E-state index in [1.54, 1.807) is 41.3 Å². The Kier molecular flexibility index (Phi) is 5.47. The first-order valence-electron chi connectivity index (χ1n) is 7.68. The molecule has 0 spiro atoms. The fraction of sp³-hybridized carbons (Fsp3) is 0.222. The summed E-state index contributed by atoms with van der Waals surface area (Å²) in [6.45, 7) is 2.22. The molecular weight excluding hydrogens is 419 g/mol. The second-order valence-electron chi connectivity index (χ2n) is 5.41. The first-order valence-corrected chi connectivity index (χ1v) is 8.76. The standard InChI is InChI=1S/C18H17IN2O3/c19-14-7-5-13(6-8-14)17(22)20-16-4-2-1-3-15(16)18(23)21-9-11-24-12-10-21/h1-8H,9-12H2,(H,20,22). The van der Waals surface area contributed by atoms with Crippen molar-refractivity contribution < 1.29 is 14.3 Å². The highest BCUT2D eigenvalue weighted by Crippen LogP contribution is 2.19. The van der Waals surface area contributed by atoms with Gasteiger partial charge in [-0.2, -0.15) is 0 Å². The number of carbonyl (C=O) groups excluding carboxylic acids is 2. The Bertz CT molecular complexity index is 740. The van der Waals surface area contributed by atoms with Crippen molar-refractivity contribution in [3.8, 4) is 0 Å². The Balaban J connectivity index is 1.79. The maximum atomic E-state index is 12.7. The molecule has 1 heterocycles. The third-order valence-electron chi connectivity index (χ3n) is 3.81. The van der Waals surface area contributed by atoms with Gasteiger partial charge in [0.25, 0.3) is 11.8 Å². The summed E-state index contributed by atoms with van der Waals surface area (Å²) in [7, 11) is 0. The molecular formula is C18H17IN2O3. The number of para-hydroxylation sites is 1. The van der Waals surface area contributed by atoms with Crippen molar-refractivity contribution in [2.45, 2.75) is 0 Å². The molecule has 0 bridgehead atoms. The van der Waals surface area contributed by atoms with Crippen LogP contribution in [0.1, 0.15) is 20.7 Å². The van der Waals surface area contributed by atoms with Gasteiger partial charge in [-0.05, 0) is 59.0 Å². The number of halogens is 1.